The molecule has 1 heterocycles. The lowest BCUT2D eigenvalue weighted by Crippen LogP contribution is -2.59. The number of anilines is 2. The smallest absolute Gasteiger partial charge is 0.424 e. The molecule has 0 aromatic heterocycles. The van der Waals surface area contributed by atoms with Crippen LogP contribution in [0.4, 0.5) is 25.8 Å². The molecule has 0 N–H and O–H groups in total. The Morgan fingerprint density at radius 2 is 1.28 bits per heavy atom. The Labute approximate surface area is 269 Å². The molecule has 46 heavy (non-hydrogen) atoms. The zero-order chi connectivity index (χ0) is 34.8. The third kappa shape index (κ3) is 7.85. The van der Waals surface area contributed by atoms with Gasteiger partial charge >= 0.3 is 24.2 Å². The number of benzene rings is 2. The second kappa shape index (κ2) is 12.9. The van der Waals surface area contributed by atoms with Gasteiger partial charge in [0.05, 0.1) is 25.6 Å². The molecule has 0 fully saturated rings. The van der Waals surface area contributed by atoms with Crippen molar-refractivity contribution in [2.24, 2.45) is 0 Å². The Balaban J connectivity index is 2.28. The average molecular weight is 639 g/mol. The van der Waals surface area contributed by atoms with Crippen molar-refractivity contribution in [3.63, 3.8) is 0 Å². The molecule has 3 amide bonds. The minimum Gasteiger partial charge on any atom is -0.497 e. The predicted molar refractivity (Wildman–Crippen MR) is 171 cm³/mol. The Morgan fingerprint density at radius 3 is 1.74 bits per heavy atom. The van der Waals surface area contributed by atoms with Crippen molar-refractivity contribution in [1.29, 1.82) is 0 Å². The van der Waals surface area contributed by atoms with E-state index in [1.807, 2.05) is 0 Å². The van der Waals surface area contributed by atoms with Crippen LogP contribution in [0, 0.1) is 0 Å². The van der Waals surface area contributed by atoms with Crippen LogP contribution in [-0.2, 0) is 23.7 Å². The van der Waals surface area contributed by atoms with E-state index in [1.54, 1.807) is 86.6 Å². The van der Waals surface area contributed by atoms with E-state index < -0.39 is 52.4 Å². The van der Waals surface area contributed by atoms with E-state index in [1.165, 1.54) is 37.5 Å². The SMILES string of the molecule is COC(=O)C1(/C=C/c2ccc(OC)cc2)C(=O)c2cc(N(C(=O)OC(C)(C)C)C(=O)OC(C)(C)C)ccc2N1C(=O)OC(C)(C)C. The second-order valence-corrected chi connectivity index (χ2v) is 13.5. The van der Waals surface area contributed by atoms with Crippen LogP contribution in [0.1, 0.15) is 78.2 Å². The van der Waals surface area contributed by atoms with Gasteiger partial charge < -0.3 is 23.7 Å². The van der Waals surface area contributed by atoms with Gasteiger partial charge in [-0.3, -0.25) is 4.79 Å². The van der Waals surface area contributed by atoms with Gasteiger partial charge in [0.15, 0.2) is 0 Å². The van der Waals surface area contributed by atoms with Crippen LogP contribution in [0.25, 0.3) is 6.08 Å². The molecule has 0 saturated heterocycles. The van der Waals surface area contributed by atoms with E-state index in [-0.39, 0.29) is 16.9 Å². The van der Waals surface area contributed by atoms with E-state index in [0.717, 1.165) is 12.0 Å². The fraction of sp³-hybridized carbons (Fsp3) is 0.441. The molecule has 1 unspecified atom stereocenters. The van der Waals surface area contributed by atoms with Gasteiger partial charge in [-0.25, -0.2) is 24.1 Å². The highest BCUT2D eigenvalue weighted by Gasteiger charge is 2.60. The van der Waals surface area contributed by atoms with Crippen molar-refractivity contribution in [3.05, 3.63) is 59.7 Å². The zero-order valence-corrected chi connectivity index (χ0v) is 28.2. The Hall–Kier alpha value is -4.87. The molecule has 3 rings (SSSR count). The topological polar surface area (TPSA) is 138 Å². The first kappa shape index (κ1) is 35.6. The van der Waals surface area contributed by atoms with Gasteiger partial charge in [0.2, 0.25) is 11.3 Å². The van der Waals surface area contributed by atoms with Gasteiger partial charge in [-0.1, -0.05) is 18.2 Å². The molecule has 248 valence electrons. The molecule has 12 nitrogen and oxygen atoms in total. The second-order valence-electron chi connectivity index (χ2n) is 13.5. The molecule has 1 aliphatic rings. The van der Waals surface area contributed by atoms with Gasteiger partial charge in [0.25, 0.3) is 0 Å². The fourth-order valence-electron chi connectivity index (χ4n) is 4.48. The molecule has 0 radical (unpaired) electrons. The quantitative estimate of drug-likeness (QED) is 0.192. The summed E-state index contributed by atoms with van der Waals surface area (Å²) in [6.45, 7) is 14.7. The Kier molecular flexibility index (Phi) is 9.95. The van der Waals surface area contributed by atoms with Crippen LogP contribution >= 0.6 is 0 Å². The van der Waals surface area contributed by atoms with Crippen molar-refractivity contribution in [1.82, 2.24) is 0 Å². The number of carbonyl (C=O) groups is 5. The monoisotopic (exact) mass is 638 g/mol. The first-order valence-electron chi connectivity index (χ1n) is 14.5. The minimum absolute atomic E-state index is 0.0129. The number of Topliss-reactive ketones (excluding diaryl/α,β-unsaturated/α-hetero) is 1. The Morgan fingerprint density at radius 1 is 0.761 bits per heavy atom. The first-order valence-corrected chi connectivity index (χ1v) is 14.5. The molecule has 1 atom stereocenters. The molecule has 2 aromatic carbocycles. The molecule has 12 heteroatoms. The summed E-state index contributed by atoms with van der Waals surface area (Å²) in [5, 5.41) is 0. The van der Waals surface area contributed by atoms with Crippen molar-refractivity contribution >= 4 is 47.5 Å². The van der Waals surface area contributed by atoms with E-state index in [4.69, 9.17) is 23.7 Å². The number of ether oxygens (including phenoxy) is 5. The van der Waals surface area contributed by atoms with E-state index >= 15 is 0 Å². The standard InChI is InChI=1S/C34H42N2O10/c1-31(2,3)44-28(39)35(29(40)45-32(4,5)6)22-14-17-25-24(20-22)26(37)34(27(38)43-11,36(25)30(41)46-33(7,8)9)19-18-21-12-15-23(42-10)16-13-21/h12-20H,1-11H3/b19-18+. The number of fused-ring (bicyclic) bond motifs is 1. The highest BCUT2D eigenvalue weighted by atomic mass is 16.6. The number of ketones is 1. The number of amides is 3. The fourth-order valence-corrected chi connectivity index (χ4v) is 4.48. The summed E-state index contributed by atoms with van der Waals surface area (Å²) in [6, 6.07) is 10.7. The summed E-state index contributed by atoms with van der Waals surface area (Å²) >= 11 is 0. The first-order chi connectivity index (χ1) is 21.1. The van der Waals surface area contributed by atoms with Crippen LogP contribution < -0.4 is 14.5 Å². The molecule has 2 aromatic rings. The van der Waals surface area contributed by atoms with Gasteiger partial charge in [-0.2, -0.15) is 4.90 Å². The van der Waals surface area contributed by atoms with Gasteiger partial charge in [0.1, 0.15) is 22.6 Å². The van der Waals surface area contributed by atoms with E-state index in [9.17, 15) is 24.0 Å². The van der Waals surface area contributed by atoms with Crippen LogP contribution in [0.5, 0.6) is 5.75 Å². The molecular formula is C34H42N2O10. The summed E-state index contributed by atoms with van der Waals surface area (Å²) in [6.07, 6.45) is -0.379. The van der Waals surface area contributed by atoms with E-state index in [0.29, 0.717) is 16.2 Å². The highest BCUT2D eigenvalue weighted by Crippen LogP contribution is 2.44. The van der Waals surface area contributed by atoms with Crippen LogP contribution in [0.15, 0.2) is 48.5 Å². The number of hydrogen-bond acceptors (Lipinski definition) is 10. The lowest BCUT2D eigenvalue weighted by molar-refractivity contribution is -0.143. The minimum atomic E-state index is -2.35. The maximum absolute atomic E-state index is 14.4. The van der Waals surface area contributed by atoms with Gasteiger partial charge in [-0.15, -0.1) is 0 Å². The largest absolute Gasteiger partial charge is 0.497 e. The summed E-state index contributed by atoms with van der Waals surface area (Å²) in [7, 11) is 2.61. The Bertz CT molecular complexity index is 1510. The molecular weight excluding hydrogens is 596 g/mol. The van der Waals surface area contributed by atoms with Crippen molar-refractivity contribution in [2.75, 3.05) is 24.0 Å². The van der Waals surface area contributed by atoms with Crippen LogP contribution in [-0.4, -0.2) is 66.6 Å². The van der Waals surface area contributed by atoms with Gasteiger partial charge in [-0.05, 0) is 104 Å². The number of hydrogen-bond donors (Lipinski definition) is 0. The van der Waals surface area contributed by atoms with E-state index in [2.05, 4.69) is 0 Å². The number of carbonyl (C=O) groups excluding carboxylic acids is 5. The third-order valence-electron chi connectivity index (χ3n) is 6.28. The molecule has 0 saturated carbocycles. The lowest BCUT2D eigenvalue weighted by Gasteiger charge is -2.33. The predicted octanol–water partition coefficient (Wildman–Crippen LogP) is 6.93. The van der Waals surface area contributed by atoms with Crippen molar-refractivity contribution in [3.8, 4) is 5.75 Å². The normalized spacial score (nSPS) is 16.5. The zero-order valence-electron chi connectivity index (χ0n) is 28.2. The number of rotatable bonds is 5. The summed E-state index contributed by atoms with van der Waals surface area (Å²) in [5.74, 6) is -1.34. The maximum Gasteiger partial charge on any atom is 0.424 e. The van der Waals surface area contributed by atoms with Crippen molar-refractivity contribution in [2.45, 2.75) is 84.7 Å². The molecule has 1 aliphatic heterocycles. The summed E-state index contributed by atoms with van der Waals surface area (Å²) < 4.78 is 26.9. The third-order valence-corrected chi connectivity index (χ3v) is 6.28. The average Bonchev–Trinajstić information content (AvgIpc) is 3.17. The van der Waals surface area contributed by atoms with Crippen molar-refractivity contribution < 1.29 is 47.7 Å². The highest BCUT2D eigenvalue weighted by molar-refractivity contribution is 6.31. The van der Waals surface area contributed by atoms with Crippen LogP contribution in [0.2, 0.25) is 0 Å². The maximum atomic E-state index is 14.4. The molecule has 0 aliphatic carbocycles. The lowest BCUT2D eigenvalue weighted by atomic mass is 9.91. The molecule has 0 bridgehead atoms. The molecule has 0 spiro atoms. The number of nitrogens with zero attached hydrogens (tertiary/aromatic N) is 2. The summed E-state index contributed by atoms with van der Waals surface area (Å²) in [4.78, 5) is 70.1. The number of esters is 1. The van der Waals surface area contributed by atoms with Crippen LogP contribution in [0.3, 0.4) is 0 Å². The number of methoxy groups -OCH3 is 2. The summed E-state index contributed by atoms with van der Waals surface area (Å²) in [5.41, 5.74) is -5.01. The van der Waals surface area contributed by atoms with Gasteiger partial charge in [0, 0.05) is 5.56 Å². The number of imide groups is 1.